The number of anilines is 2. The monoisotopic (exact) mass is 599 g/mol. The summed E-state index contributed by atoms with van der Waals surface area (Å²) in [4.78, 5) is 25.6. The molecule has 0 radical (unpaired) electrons. The molecular formula is C30H32Cl2FN5O3. The van der Waals surface area contributed by atoms with Gasteiger partial charge in [-0.15, -0.1) is 0 Å². The molecule has 6 rings (SSSR count). The van der Waals surface area contributed by atoms with Crippen molar-refractivity contribution >= 4 is 51.5 Å². The van der Waals surface area contributed by atoms with E-state index >= 15 is 0 Å². The zero-order valence-corrected chi connectivity index (χ0v) is 24.3. The number of hydrogen-bond donors (Lipinski definition) is 1. The predicted molar refractivity (Wildman–Crippen MR) is 158 cm³/mol. The molecular weight excluding hydrogens is 568 g/mol. The van der Waals surface area contributed by atoms with Crippen LogP contribution in [0.3, 0.4) is 0 Å². The van der Waals surface area contributed by atoms with Gasteiger partial charge in [0, 0.05) is 42.4 Å². The van der Waals surface area contributed by atoms with E-state index < -0.39 is 5.82 Å². The summed E-state index contributed by atoms with van der Waals surface area (Å²) in [5.74, 6) is 0.873. The third-order valence-electron chi connectivity index (χ3n) is 8.50. The average Bonchev–Trinajstić information content (AvgIpc) is 3.50. The maximum absolute atomic E-state index is 14.9. The summed E-state index contributed by atoms with van der Waals surface area (Å²) >= 11 is 12.0. The topological polar surface area (TPSA) is 79.8 Å². The van der Waals surface area contributed by atoms with Gasteiger partial charge in [-0.05, 0) is 63.6 Å². The summed E-state index contributed by atoms with van der Waals surface area (Å²) in [5.41, 5.74) is 0.763. The number of likely N-dealkylation sites (tertiary alicyclic amines) is 1. The van der Waals surface area contributed by atoms with E-state index in [2.05, 4.69) is 33.8 Å². The Hall–Kier alpha value is -3.14. The third-order valence-corrected chi connectivity index (χ3v) is 9.29. The number of benzene rings is 2. The van der Waals surface area contributed by atoms with E-state index in [0.29, 0.717) is 40.9 Å². The van der Waals surface area contributed by atoms with E-state index in [1.54, 1.807) is 0 Å². The van der Waals surface area contributed by atoms with E-state index in [4.69, 9.17) is 32.7 Å². The van der Waals surface area contributed by atoms with Crippen molar-refractivity contribution in [2.24, 2.45) is 0 Å². The Morgan fingerprint density at radius 1 is 1.17 bits per heavy atom. The van der Waals surface area contributed by atoms with Crippen molar-refractivity contribution in [3.8, 4) is 11.5 Å². The molecule has 2 aromatic carbocycles. The number of hydrogen-bond acceptors (Lipinski definition) is 7. The number of likely N-dealkylation sites (N-methyl/N-ethyl adjacent to an activating group) is 1. The van der Waals surface area contributed by atoms with Crippen LogP contribution in [0.1, 0.15) is 38.5 Å². The van der Waals surface area contributed by atoms with Gasteiger partial charge in [-0.25, -0.2) is 14.4 Å². The number of halogens is 3. The molecule has 4 heterocycles. The van der Waals surface area contributed by atoms with Gasteiger partial charge < -0.3 is 24.6 Å². The molecule has 3 aliphatic heterocycles. The first-order valence-electron chi connectivity index (χ1n) is 14.0. The Morgan fingerprint density at radius 3 is 2.66 bits per heavy atom. The molecule has 3 saturated heterocycles. The highest BCUT2D eigenvalue weighted by Crippen LogP contribution is 2.41. The smallest absolute Gasteiger partial charge is 0.246 e. The average molecular weight is 601 g/mol. The van der Waals surface area contributed by atoms with Crippen molar-refractivity contribution in [2.45, 2.75) is 62.8 Å². The molecule has 41 heavy (non-hydrogen) atoms. The van der Waals surface area contributed by atoms with Crippen LogP contribution in [0.15, 0.2) is 43.2 Å². The Kier molecular flexibility index (Phi) is 7.94. The third kappa shape index (κ3) is 5.55. The van der Waals surface area contributed by atoms with Crippen molar-refractivity contribution in [1.29, 1.82) is 0 Å². The molecule has 0 saturated carbocycles. The molecule has 216 valence electrons. The lowest BCUT2D eigenvalue weighted by molar-refractivity contribution is -0.131. The van der Waals surface area contributed by atoms with Crippen molar-refractivity contribution in [3.05, 3.63) is 59.1 Å². The van der Waals surface area contributed by atoms with Gasteiger partial charge in [-0.2, -0.15) is 0 Å². The zero-order chi connectivity index (χ0) is 28.7. The van der Waals surface area contributed by atoms with Crippen molar-refractivity contribution in [2.75, 3.05) is 25.5 Å². The minimum atomic E-state index is -0.667. The summed E-state index contributed by atoms with van der Waals surface area (Å²) < 4.78 is 27.9. The predicted octanol–water partition coefficient (Wildman–Crippen LogP) is 6.38. The first kappa shape index (κ1) is 28.0. The fourth-order valence-electron chi connectivity index (χ4n) is 6.36. The van der Waals surface area contributed by atoms with Gasteiger partial charge in [0.2, 0.25) is 5.91 Å². The number of carbonyl (C=O) groups excluding carboxylic acids is 1. The number of ether oxygens (including phenoxy) is 2. The quantitative estimate of drug-likeness (QED) is 0.238. The Balaban J connectivity index is 1.32. The Morgan fingerprint density at radius 2 is 1.95 bits per heavy atom. The maximum atomic E-state index is 14.9. The highest BCUT2D eigenvalue weighted by molar-refractivity contribution is 6.42. The molecule has 1 aromatic heterocycles. The second-order valence-corrected chi connectivity index (χ2v) is 11.8. The lowest BCUT2D eigenvalue weighted by Crippen LogP contribution is -2.48. The second kappa shape index (κ2) is 11.6. The van der Waals surface area contributed by atoms with Gasteiger partial charge in [0.25, 0.3) is 0 Å². The first-order chi connectivity index (χ1) is 19.8. The van der Waals surface area contributed by atoms with E-state index in [1.165, 1.54) is 24.5 Å². The molecule has 1 N–H and O–H groups in total. The number of piperidine rings is 1. The molecule has 4 atom stereocenters. The lowest BCUT2D eigenvalue weighted by atomic mass is 9.99. The van der Waals surface area contributed by atoms with Gasteiger partial charge in [0.1, 0.15) is 24.9 Å². The Bertz CT molecular complexity index is 1480. The molecule has 3 aromatic rings. The molecule has 0 aliphatic carbocycles. The van der Waals surface area contributed by atoms with Crippen LogP contribution in [0.25, 0.3) is 10.9 Å². The second-order valence-electron chi connectivity index (χ2n) is 11.0. The first-order valence-corrected chi connectivity index (χ1v) is 14.7. The highest BCUT2D eigenvalue weighted by Gasteiger charge is 2.43. The minimum Gasteiger partial charge on any atom is -0.488 e. The number of amides is 1. The van der Waals surface area contributed by atoms with Gasteiger partial charge in [0.15, 0.2) is 17.3 Å². The summed E-state index contributed by atoms with van der Waals surface area (Å²) in [7, 11) is 2.11. The number of fused-ring (bicyclic) bond motifs is 3. The van der Waals surface area contributed by atoms with Gasteiger partial charge in [-0.3, -0.25) is 4.79 Å². The fourth-order valence-corrected chi connectivity index (χ4v) is 6.67. The maximum Gasteiger partial charge on any atom is 0.246 e. The van der Waals surface area contributed by atoms with Crippen LogP contribution in [-0.4, -0.2) is 70.1 Å². The molecule has 1 unspecified atom stereocenters. The van der Waals surface area contributed by atoms with Crippen LogP contribution in [0.2, 0.25) is 10.0 Å². The molecule has 0 spiro atoms. The number of rotatable bonds is 8. The summed E-state index contributed by atoms with van der Waals surface area (Å²) in [6.45, 7) is 5.25. The van der Waals surface area contributed by atoms with Crippen molar-refractivity contribution < 1.29 is 18.7 Å². The van der Waals surface area contributed by atoms with Crippen LogP contribution in [-0.2, 0) is 4.79 Å². The lowest BCUT2D eigenvalue weighted by Gasteiger charge is -2.38. The van der Waals surface area contributed by atoms with E-state index in [1.807, 2.05) is 17.0 Å². The van der Waals surface area contributed by atoms with Crippen LogP contribution in [0.4, 0.5) is 15.9 Å². The van der Waals surface area contributed by atoms with Gasteiger partial charge in [0.05, 0.1) is 21.2 Å². The SMILES string of the molecule is C=CC(=O)N1[C@@H]2CC[C@H]1C[C@H](Oc1cc3c(Nc4ccc(Cl)c(Cl)c4F)ncnc3cc1OCC1CCCN1C)C2. The largest absolute Gasteiger partial charge is 0.488 e. The van der Waals surface area contributed by atoms with Crippen molar-refractivity contribution in [3.63, 3.8) is 0 Å². The molecule has 8 nitrogen and oxygen atoms in total. The normalized spacial score (nSPS) is 24.0. The zero-order valence-electron chi connectivity index (χ0n) is 22.8. The fraction of sp³-hybridized carbons (Fsp3) is 0.433. The van der Waals surface area contributed by atoms with Crippen LogP contribution in [0, 0.1) is 5.82 Å². The summed E-state index contributed by atoms with van der Waals surface area (Å²) in [5, 5.41) is 3.64. The molecule has 2 bridgehead atoms. The van der Waals surface area contributed by atoms with E-state index in [0.717, 1.165) is 45.1 Å². The number of nitrogens with zero attached hydrogens (tertiary/aromatic N) is 4. The molecule has 1 amide bonds. The van der Waals surface area contributed by atoms with Crippen molar-refractivity contribution in [1.82, 2.24) is 19.8 Å². The van der Waals surface area contributed by atoms with Crippen LogP contribution >= 0.6 is 23.2 Å². The highest BCUT2D eigenvalue weighted by atomic mass is 35.5. The van der Waals surface area contributed by atoms with Gasteiger partial charge >= 0.3 is 0 Å². The molecule has 3 aliphatic rings. The standard InChI is InChI=1S/C30H32Cl2FN5O3/c1-3-27(39)38-17-6-7-18(38)12-20(11-17)41-26-13-21-24(14-25(26)40-15-19-5-4-10-37(19)2)34-16-35-30(21)36-23-9-8-22(31)28(32)29(23)33/h3,8-9,13-14,16-20H,1,4-7,10-12,15H2,2H3,(H,34,35,36)/t17-,18+,19?,20-. The van der Waals surface area contributed by atoms with E-state index in [-0.39, 0.29) is 39.8 Å². The van der Waals surface area contributed by atoms with Crippen LogP contribution in [0.5, 0.6) is 11.5 Å². The summed E-state index contributed by atoms with van der Waals surface area (Å²) in [6, 6.07) is 7.31. The molecule has 3 fully saturated rings. The van der Waals surface area contributed by atoms with Gasteiger partial charge in [-0.1, -0.05) is 29.8 Å². The number of nitrogens with one attached hydrogen (secondary N) is 1. The minimum absolute atomic E-state index is 0.0197. The number of aromatic nitrogens is 2. The molecule has 11 heteroatoms. The Labute approximate surface area is 248 Å². The van der Waals surface area contributed by atoms with Crippen LogP contribution < -0.4 is 14.8 Å². The van der Waals surface area contributed by atoms with E-state index in [9.17, 15) is 9.18 Å². The number of carbonyl (C=O) groups is 1. The summed E-state index contributed by atoms with van der Waals surface area (Å²) in [6.07, 6.45) is 8.30.